The second kappa shape index (κ2) is 7.33. The molecule has 26 heavy (non-hydrogen) atoms. The van der Waals surface area contributed by atoms with Gasteiger partial charge in [0.1, 0.15) is 0 Å². The Kier molecular flexibility index (Phi) is 5.13. The zero-order valence-electron chi connectivity index (χ0n) is 14.8. The highest BCUT2D eigenvalue weighted by molar-refractivity contribution is 7.92. The number of hydrogen-bond acceptors (Lipinski definition) is 3. The number of nitrogens with zero attached hydrogens (tertiary/aromatic N) is 2. The molecule has 5 nitrogen and oxygen atoms in total. The van der Waals surface area contributed by atoms with Crippen molar-refractivity contribution < 1.29 is 13.2 Å². The molecule has 0 N–H and O–H groups in total. The van der Waals surface area contributed by atoms with Crippen LogP contribution in [0.25, 0.3) is 0 Å². The lowest BCUT2D eigenvalue weighted by atomic mass is 10.2. The lowest BCUT2D eigenvalue weighted by Crippen LogP contribution is -2.31. The van der Waals surface area contributed by atoms with E-state index in [-0.39, 0.29) is 17.3 Å². The van der Waals surface area contributed by atoms with Gasteiger partial charge in [-0.05, 0) is 49.2 Å². The zero-order chi connectivity index (χ0) is 18.7. The Morgan fingerprint density at radius 1 is 1.19 bits per heavy atom. The molecule has 0 atom stereocenters. The van der Waals surface area contributed by atoms with Crippen molar-refractivity contribution in [3.63, 3.8) is 0 Å². The van der Waals surface area contributed by atoms with E-state index >= 15 is 0 Å². The SMILES string of the molecule is C=CCN(c1ccccc1)S(=O)(=O)c1ccc(N2CCCC2=O)cc1C. The molecule has 0 aromatic heterocycles. The van der Waals surface area contributed by atoms with E-state index in [1.807, 2.05) is 6.07 Å². The third kappa shape index (κ3) is 3.37. The summed E-state index contributed by atoms with van der Waals surface area (Å²) in [5.74, 6) is 0.0811. The van der Waals surface area contributed by atoms with Crippen LogP contribution in [0.4, 0.5) is 11.4 Å². The molecule has 1 aliphatic heterocycles. The van der Waals surface area contributed by atoms with Crippen LogP contribution in [0, 0.1) is 6.92 Å². The van der Waals surface area contributed by atoms with Crippen LogP contribution in [-0.2, 0) is 14.8 Å². The predicted molar refractivity (Wildman–Crippen MR) is 104 cm³/mol. The molecule has 1 fully saturated rings. The van der Waals surface area contributed by atoms with E-state index in [9.17, 15) is 13.2 Å². The van der Waals surface area contributed by atoms with Gasteiger partial charge in [-0.1, -0.05) is 24.3 Å². The number of para-hydroxylation sites is 1. The maximum atomic E-state index is 13.2. The summed E-state index contributed by atoms with van der Waals surface area (Å²) in [4.78, 5) is 13.9. The van der Waals surface area contributed by atoms with Gasteiger partial charge >= 0.3 is 0 Å². The van der Waals surface area contributed by atoms with Crippen molar-refractivity contribution in [3.8, 4) is 0 Å². The van der Waals surface area contributed by atoms with Crippen LogP contribution in [0.5, 0.6) is 0 Å². The van der Waals surface area contributed by atoms with Crippen LogP contribution >= 0.6 is 0 Å². The highest BCUT2D eigenvalue weighted by Gasteiger charge is 2.27. The highest BCUT2D eigenvalue weighted by atomic mass is 32.2. The summed E-state index contributed by atoms with van der Waals surface area (Å²) in [6, 6.07) is 14.0. The largest absolute Gasteiger partial charge is 0.312 e. The van der Waals surface area contributed by atoms with Crippen molar-refractivity contribution in [1.82, 2.24) is 0 Å². The molecular formula is C20H22N2O3S. The summed E-state index contributed by atoms with van der Waals surface area (Å²) in [7, 11) is -3.74. The molecule has 2 aromatic rings. The van der Waals surface area contributed by atoms with Gasteiger partial charge in [-0.25, -0.2) is 8.42 Å². The average molecular weight is 370 g/mol. The number of carbonyl (C=O) groups excluding carboxylic acids is 1. The number of sulfonamides is 1. The van der Waals surface area contributed by atoms with Crippen molar-refractivity contribution >= 4 is 27.3 Å². The number of carbonyl (C=O) groups is 1. The Bertz CT molecular complexity index is 923. The lowest BCUT2D eigenvalue weighted by molar-refractivity contribution is -0.117. The van der Waals surface area contributed by atoms with Crippen LogP contribution in [0.1, 0.15) is 18.4 Å². The van der Waals surface area contributed by atoms with E-state index in [4.69, 9.17) is 0 Å². The first-order valence-corrected chi connectivity index (χ1v) is 9.99. The topological polar surface area (TPSA) is 57.7 Å². The van der Waals surface area contributed by atoms with Crippen molar-refractivity contribution in [2.75, 3.05) is 22.3 Å². The molecule has 0 radical (unpaired) electrons. The number of amides is 1. The Morgan fingerprint density at radius 3 is 2.50 bits per heavy atom. The molecule has 0 saturated carbocycles. The summed E-state index contributed by atoms with van der Waals surface area (Å²) in [5, 5.41) is 0. The van der Waals surface area contributed by atoms with Gasteiger partial charge in [0.25, 0.3) is 10.0 Å². The Morgan fingerprint density at radius 2 is 1.92 bits per heavy atom. The summed E-state index contributed by atoms with van der Waals surface area (Å²) in [6.45, 7) is 6.29. The Balaban J connectivity index is 2.00. The van der Waals surface area contributed by atoms with Gasteiger partial charge in [0, 0.05) is 18.7 Å². The van der Waals surface area contributed by atoms with Gasteiger partial charge in [0.15, 0.2) is 0 Å². The maximum absolute atomic E-state index is 13.2. The summed E-state index contributed by atoms with van der Waals surface area (Å²) >= 11 is 0. The first-order valence-electron chi connectivity index (χ1n) is 8.55. The number of benzene rings is 2. The fourth-order valence-corrected chi connectivity index (χ4v) is 4.83. The van der Waals surface area contributed by atoms with Crippen molar-refractivity contribution in [1.29, 1.82) is 0 Å². The van der Waals surface area contributed by atoms with E-state index in [1.165, 1.54) is 4.31 Å². The quantitative estimate of drug-likeness (QED) is 0.731. The molecule has 0 unspecified atom stereocenters. The third-order valence-electron chi connectivity index (χ3n) is 4.45. The van der Waals surface area contributed by atoms with Gasteiger partial charge in [-0.2, -0.15) is 0 Å². The van der Waals surface area contributed by atoms with Gasteiger partial charge in [0.05, 0.1) is 17.1 Å². The summed E-state index contributed by atoms with van der Waals surface area (Å²) in [6.07, 6.45) is 2.94. The van der Waals surface area contributed by atoms with E-state index in [2.05, 4.69) is 6.58 Å². The second-order valence-electron chi connectivity index (χ2n) is 6.26. The van der Waals surface area contributed by atoms with Gasteiger partial charge in [0.2, 0.25) is 5.91 Å². The van der Waals surface area contributed by atoms with Crippen molar-refractivity contribution in [3.05, 3.63) is 66.7 Å². The smallest absolute Gasteiger partial charge is 0.264 e. The predicted octanol–water partition coefficient (Wildman–Crippen LogP) is 3.50. The molecule has 1 heterocycles. The first kappa shape index (κ1) is 18.2. The molecule has 1 aliphatic rings. The van der Waals surface area contributed by atoms with Crippen LogP contribution in [-0.4, -0.2) is 27.4 Å². The van der Waals surface area contributed by atoms with E-state index < -0.39 is 10.0 Å². The van der Waals surface area contributed by atoms with E-state index in [1.54, 1.807) is 60.4 Å². The van der Waals surface area contributed by atoms with Gasteiger partial charge < -0.3 is 4.90 Å². The van der Waals surface area contributed by atoms with Crippen molar-refractivity contribution in [2.45, 2.75) is 24.7 Å². The minimum absolute atomic E-state index is 0.0811. The molecule has 136 valence electrons. The fourth-order valence-electron chi connectivity index (χ4n) is 3.18. The maximum Gasteiger partial charge on any atom is 0.264 e. The molecule has 0 spiro atoms. The van der Waals surface area contributed by atoms with Crippen LogP contribution in [0.15, 0.2) is 66.1 Å². The van der Waals surface area contributed by atoms with Crippen molar-refractivity contribution in [2.24, 2.45) is 0 Å². The van der Waals surface area contributed by atoms with E-state index in [0.717, 1.165) is 12.1 Å². The highest BCUT2D eigenvalue weighted by Crippen LogP contribution is 2.29. The molecule has 1 saturated heterocycles. The molecule has 0 aliphatic carbocycles. The number of aryl methyl sites for hydroxylation is 1. The zero-order valence-corrected chi connectivity index (χ0v) is 15.6. The number of rotatable bonds is 6. The van der Waals surface area contributed by atoms with Gasteiger partial charge in [-0.15, -0.1) is 6.58 Å². The summed E-state index contributed by atoms with van der Waals surface area (Å²) in [5.41, 5.74) is 1.96. The molecule has 1 amide bonds. The second-order valence-corrected chi connectivity index (χ2v) is 8.09. The first-order chi connectivity index (χ1) is 12.4. The molecule has 2 aromatic carbocycles. The number of hydrogen-bond donors (Lipinski definition) is 0. The normalized spacial score (nSPS) is 14.5. The van der Waals surface area contributed by atoms with Crippen LogP contribution in [0.2, 0.25) is 0 Å². The van der Waals surface area contributed by atoms with Crippen LogP contribution < -0.4 is 9.21 Å². The monoisotopic (exact) mass is 370 g/mol. The minimum atomic E-state index is -3.74. The molecule has 6 heteroatoms. The molecule has 0 bridgehead atoms. The third-order valence-corrected chi connectivity index (χ3v) is 6.40. The molecular weight excluding hydrogens is 348 g/mol. The fraction of sp³-hybridized carbons (Fsp3) is 0.250. The lowest BCUT2D eigenvalue weighted by Gasteiger charge is -2.25. The Labute approximate surface area is 154 Å². The van der Waals surface area contributed by atoms with E-state index in [0.29, 0.717) is 24.2 Å². The average Bonchev–Trinajstić information content (AvgIpc) is 3.06. The summed E-state index contributed by atoms with van der Waals surface area (Å²) < 4.78 is 27.8. The molecule has 3 rings (SSSR count). The van der Waals surface area contributed by atoms with Crippen LogP contribution in [0.3, 0.4) is 0 Å². The standard InChI is InChI=1S/C20H22N2O3S/c1-3-13-22(17-8-5-4-6-9-17)26(24,25)19-12-11-18(15-16(19)2)21-14-7-10-20(21)23/h3-6,8-9,11-12,15H,1,7,10,13-14H2,2H3. The Hall–Kier alpha value is -2.60. The minimum Gasteiger partial charge on any atom is -0.312 e. The van der Waals surface area contributed by atoms with Gasteiger partial charge in [-0.3, -0.25) is 9.10 Å². The number of anilines is 2.